The SMILES string of the molecule is CC[C@@H]1C[C@]1(NC(=O)[C@@H]1C[C@@H](OC(=O)N2Cc3cccc(Cl)c3C2)CN1C(=O)CC(C)(C)C)C(=O)NS(=O)(=O)C1CC1. The molecule has 0 bridgehead atoms. The molecule has 4 amide bonds. The van der Waals surface area contributed by atoms with Gasteiger partial charge in [0.1, 0.15) is 17.7 Å². The van der Waals surface area contributed by atoms with E-state index in [1.54, 1.807) is 6.07 Å². The van der Waals surface area contributed by atoms with Crippen LogP contribution in [-0.2, 0) is 42.2 Å². The molecule has 42 heavy (non-hydrogen) atoms. The summed E-state index contributed by atoms with van der Waals surface area (Å²) in [5, 5.41) is 2.81. The summed E-state index contributed by atoms with van der Waals surface area (Å²) in [5.74, 6) is -1.80. The minimum Gasteiger partial charge on any atom is -0.444 e. The van der Waals surface area contributed by atoms with Crippen LogP contribution < -0.4 is 10.0 Å². The number of sulfonamides is 1. The zero-order valence-corrected chi connectivity index (χ0v) is 26.0. The van der Waals surface area contributed by atoms with Crippen molar-refractivity contribution in [3.05, 3.63) is 34.3 Å². The molecule has 11 nitrogen and oxygen atoms in total. The van der Waals surface area contributed by atoms with Gasteiger partial charge >= 0.3 is 6.09 Å². The maximum Gasteiger partial charge on any atom is 0.410 e. The zero-order chi connectivity index (χ0) is 30.6. The number of benzene rings is 1. The van der Waals surface area contributed by atoms with Crippen LogP contribution in [0.25, 0.3) is 0 Å². The third-order valence-electron chi connectivity index (χ3n) is 8.57. The van der Waals surface area contributed by atoms with Crippen molar-refractivity contribution in [2.45, 2.75) is 102 Å². The van der Waals surface area contributed by atoms with Gasteiger partial charge in [0.05, 0.1) is 18.3 Å². The molecule has 5 rings (SSSR count). The first kappa shape index (κ1) is 30.6. The summed E-state index contributed by atoms with van der Waals surface area (Å²) in [4.78, 5) is 56.4. The lowest BCUT2D eigenvalue weighted by Crippen LogP contribution is -2.56. The van der Waals surface area contributed by atoms with Gasteiger partial charge in [0.25, 0.3) is 5.91 Å². The Morgan fingerprint density at radius 3 is 2.45 bits per heavy atom. The molecule has 1 aromatic rings. The van der Waals surface area contributed by atoms with Gasteiger partial charge in [-0.1, -0.05) is 57.8 Å². The summed E-state index contributed by atoms with van der Waals surface area (Å²) in [6, 6.07) is 4.52. The molecule has 2 saturated carbocycles. The van der Waals surface area contributed by atoms with Crippen molar-refractivity contribution in [1.82, 2.24) is 19.8 Å². The smallest absolute Gasteiger partial charge is 0.410 e. The highest BCUT2D eigenvalue weighted by Crippen LogP contribution is 2.47. The van der Waals surface area contributed by atoms with Gasteiger partial charge in [-0.15, -0.1) is 0 Å². The number of fused-ring (bicyclic) bond motifs is 1. The van der Waals surface area contributed by atoms with E-state index in [0.29, 0.717) is 43.8 Å². The van der Waals surface area contributed by atoms with Crippen molar-refractivity contribution in [2.24, 2.45) is 11.3 Å². The first-order valence-electron chi connectivity index (χ1n) is 14.5. The Hall–Kier alpha value is -2.86. The van der Waals surface area contributed by atoms with E-state index < -0.39 is 50.9 Å². The van der Waals surface area contributed by atoms with Crippen LogP contribution in [0.4, 0.5) is 4.79 Å². The predicted molar refractivity (Wildman–Crippen MR) is 155 cm³/mol. The lowest BCUT2D eigenvalue weighted by atomic mass is 9.91. The van der Waals surface area contributed by atoms with Crippen molar-refractivity contribution < 1.29 is 32.3 Å². The number of carbonyl (C=O) groups excluding carboxylic acids is 4. The van der Waals surface area contributed by atoms with Gasteiger partial charge in [-0.25, -0.2) is 13.2 Å². The van der Waals surface area contributed by atoms with E-state index in [1.165, 1.54) is 9.80 Å². The van der Waals surface area contributed by atoms with E-state index in [0.717, 1.165) is 11.1 Å². The van der Waals surface area contributed by atoms with E-state index in [9.17, 15) is 27.6 Å². The fourth-order valence-electron chi connectivity index (χ4n) is 5.98. The normalized spacial score (nSPS) is 26.9. The topological polar surface area (TPSA) is 142 Å². The van der Waals surface area contributed by atoms with Crippen molar-refractivity contribution in [3.63, 3.8) is 0 Å². The molecule has 2 heterocycles. The molecular formula is C29H39ClN4O7S. The summed E-state index contributed by atoms with van der Waals surface area (Å²) in [7, 11) is -3.80. The molecule has 0 unspecified atom stereocenters. The molecule has 2 N–H and O–H groups in total. The minimum absolute atomic E-state index is 0.0345. The van der Waals surface area contributed by atoms with E-state index >= 15 is 0 Å². The Morgan fingerprint density at radius 2 is 1.86 bits per heavy atom. The number of ether oxygens (including phenoxy) is 1. The highest BCUT2D eigenvalue weighted by atomic mass is 35.5. The number of hydrogen-bond acceptors (Lipinski definition) is 7. The highest BCUT2D eigenvalue weighted by molar-refractivity contribution is 7.91. The van der Waals surface area contributed by atoms with Crippen LogP contribution >= 0.6 is 11.6 Å². The Morgan fingerprint density at radius 1 is 1.14 bits per heavy atom. The average molecular weight is 623 g/mol. The monoisotopic (exact) mass is 622 g/mol. The van der Waals surface area contributed by atoms with Crippen LogP contribution in [0.1, 0.15) is 77.3 Å². The quantitative estimate of drug-likeness (QED) is 0.454. The standard InChI is InChI=1S/C29H39ClN4O7S/c1-5-18-12-29(18,26(37)32-42(39,40)20-9-10-20)31-25(36)23-11-19(15-34(23)24(35)13-28(2,3)4)41-27(38)33-14-17-7-6-8-22(30)21(17)16-33/h6-8,18-20,23H,5,9-16H2,1-4H3,(H,31,36)(H,32,37)/t18-,19-,23+,29-/m1/s1. The van der Waals surface area contributed by atoms with Gasteiger partial charge in [-0.2, -0.15) is 0 Å². The number of hydrogen-bond donors (Lipinski definition) is 2. The van der Waals surface area contributed by atoms with Crippen LogP contribution in [0.2, 0.25) is 5.02 Å². The molecule has 230 valence electrons. The molecule has 2 aliphatic heterocycles. The second-order valence-electron chi connectivity index (χ2n) is 13.2. The van der Waals surface area contributed by atoms with Crippen LogP contribution in [0.3, 0.4) is 0 Å². The van der Waals surface area contributed by atoms with Gasteiger partial charge in [0, 0.05) is 24.4 Å². The summed E-state index contributed by atoms with van der Waals surface area (Å²) in [6.45, 7) is 8.30. The van der Waals surface area contributed by atoms with Gasteiger partial charge in [-0.3, -0.25) is 24.0 Å². The maximum absolute atomic E-state index is 13.7. The maximum atomic E-state index is 13.7. The van der Waals surface area contributed by atoms with Crippen LogP contribution in [0.5, 0.6) is 0 Å². The number of nitrogens with zero attached hydrogens (tertiary/aromatic N) is 2. The fraction of sp³-hybridized carbons (Fsp3) is 0.655. The third kappa shape index (κ3) is 6.24. The Kier molecular flexibility index (Phi) is 8.02. The average Bonchev–Trinajstić information content (AvgIpc) is 3.78. The Balaban J connectivity index is 1.29. The predicted octanol–water partition coefficient (Wildman–Crippen LogP) is 3.09. The molecule has 1 saturated heterocycles. The summed E-state index contributed by atoms with van der Waals surface area (Å²) in [5.41, 5.74) is 0.0912. The van der Waals surface area contributed by atoms with Crippen molar-refractivity contribution >= 4 is 45.4 Å². The second kappa shape index (κ2) is 11.0. The van der Waals surface area contributed by atoms with E-state index in [4.69, 9.17) is 16.3 Å². The molecule has 2 aliphatic carbocycles. The second-order valence-corrected chi connectivity index (χ2v) is 15.6. The number of nitrogens with one attached hydrogen (secondary N) is 2. The van der Waals surface area contributed by atoms with Crippen molar-refractivity contribution in [3.8, 4) is 0 Å². The first-order chi connectivity index (χ1) is 19.6. The van der Waals surface area contributed by atoms with Crippen molar-refractivity contribution in [1.29, 1.82) is 0 Å². The number of amides is 4. The Labute approximate surface area is 251 Å². The molecule has 0 aromatic heterocycles. The zero-order valence-electron chi connectivity index (χ0n) is 24.4. The molecule has 13 heteroatoms. The minimum atomic E-state index is -3.80. The molecule has 4 atom stereocenters. The lowest BCUT2D eigenvalue weighted by Gasteiger charge is -2.29. The van der Waals surface area contributed by atoms with Crippen molar-refractivity contribution in [2.75, 3.05) is 6.54 Å². The van der Waals surface area contributed by atoms with Gasteiger partial charge in [0.15, 0.2) is 0 Å². The van der Waals surface area contributed by atoms with Gasteiger partial charge < -0.3 is 15.0 Å². The van der Waals surface area contributed by atoms with E-state index in [1.807, 2.05) is 39.8 Å². The first-order valence-corrected chi connectivity index (χ1v) is 16.5. The molecule has 4 aliphatic rings. The molecule has 1 aromatic carbocycles. The number of rotatable bonds is 8. The lowest BCUT2D eigenvalue weighted by molar-refractivity contribution is -0.141. The fourth-order valence-corrected chi connectivity index (χ4v) is 7.60. The van der Waals surface area contributed by atoms with Gasteiger partial charge in [-0.05, 0) is 47.8 Å². The molecule has 3 fully saturated rings. The van der Waals surface area contributed by atoms with Crippen LogP contribution in [-0.4, -0.2) is 71.5 Å². The third-order valence-corrected chi connectivity index (χ3v) is 10.7. The highest BCUT2D eigenvalue weighted by Gasteiger charge is 2.62. The van der Waals surface area contributed by atoms with Crippen LogP contribution in [0, 0.1) is 11.3 Å². The summed E-state index contributed by atoms with van der Waals surface area (Å²) in [6.07, 6.45) is 0.802. The summed E-state index contributed by atoms with van der Waals surface area (Å²) < 4.78 is 32.9. The summed E-state index contributed by atoms with van der Waals surface area (Å²) >= 11 is 6.30. The number of likely N-dealkylation sites (tertiary alicyclic amines) is 1. The largest absolute Gasteiger partial charge is 0.444 e. The van der Waals surface area contributed by atoms with Crippen LogP contribution in [0.15, 0.2) is 18.2 Å². The van der Waals surface area contributed by atoms with E-state index in [2.05, 4.69) is 10.0 Å². The molecule has 0 radical (unpaired) electrons. The van der Waals surface area contributed by atoms with E-state index in [-0.39, 0.29) is 36.6 Å². The number of carbonyl (C=O) groups is 4. The Bertz CT molecular complexity index is 1410. The number of halogens is 1. The van der Waals surface area contributed by atoms with Gasteiger partial charge in [0.2, 0.25) is 21.8 Å². The molecule has 0 spiro atoms. The molecular weight excluding hydrogens is 584 g/mol.